The third kappa shape index (κ3) is 3.03. The van der Waals surface area contributed by atoms with E-state index in [0.29, 0.717) is 5.56 Å². The van der Waals surface area contributed by atoms with E-state index in [4.69, 9.17) is 0 Å². The van der Waals surface area contributed by atoms with Crippen LogP contribution in [0.15, 0.2) is 71.3 Å². The van der Waals surface area contributed by atoms with Crippen molar-refractivity contribution in [2.24, 2.45) is 0 Å². The molecular weight excluding hydrogens is 344 g/mol. The number of rotatable bonds is 4. The predicted octanol–water partition coefficient (Wildman–Crippen LogP) is 5.34. The number of allylic oxidation sites excluding steroid dienone is 3. The summed E-state index contributed by atoms with van der Waals surface area (Å²) in [5.41, 5.74) is 3.97. The van der Waals surface area contributed by atoms with E-state index in [1.54, 1.807) is 12.1 Å². The number of fused-ring (bicyclic) bond motifs is 1. The zero-order valence-electron chi connectivity index (χ0n) is 15.4. The maximum Gasteiger partial charge on any atom is 0.277 e. The third-order valence-electron chi connectivity index (χ3n) is 4.92. The summed E-state index contributed by atoms with van der Waals surface area (Å²) in [5.74, 6) is 0. The smallest absolute Gasteiger partial charge is 0.277 e. The minimum Gasteiger partial charge on any atom is -0.347 e. The van der Waals surface area contributed by atoms with Crippen molar-refractivity contribution in [1.82, 2.24) is 0 Å². The minimum atomic E-state index is -0.304. The molecule has 1 aliphatic heterocycles. The topological polar surface area (TPSA) is 46.4 Å². The quantitative estimate of drug-likeness (QED) is 0.416. The highest BCUT2D eigenvalue weighted by Gasteiger charge is 2.37. The molecule has 0 N–H and O–H groups in total. The van der Waals surface area contributed by atoms with Crippen molar-refractivity contribution < 1.29 is 4.92 Å². The molecule has 0 amide bonds. The van der Waals surface area contributed by atoms with Crippen LogP contribution in [0.25, 0.3) is 5.70 Å². The van der Waals surface area contributed by atoms with Crippen LogP contribution in [0.1, 0.15) is 25.0 Å². The molecule has 2 aromatic carbocycles. The summed E-state index contributed by atoms with van der Waals surface area (Å²) in [6.07, 6.45) is 5.45. The summed E-state index contributed by atoms with van der Waals surface area (Å²) in [5, 5.41) is 11.7. The number of para-hydroxylation sites is 1. The first-order chi connectivity index (χ1) is 12.4. The van der Waals surface area contributed by atoms with Gasteiger partial charge in [-0.05, 0) is 36.1 Å². The molecule has 0 atom stereocenters. The van der Waals surface area contributed by atoms with E-state index in [1.807, 2.05) is 49.7 Å². The van der Waals surface area contributed by atoms with E-state index in [-0.39, 0.29) is 16.0 Å². The van der Waals surface area contributed by atoms with Crippen molar-refractivity contribution in [2.75, 3.05) is 18.2 Å². The highest BCUT2D eigenvalue weighted by molar-refractivity contribution is 7.98. The maximum absolute atomic E-state index is 11.7. The van der Waals surface area contributed by atoms with Gasteiger partial charge in [-0.1, -0.05) is 44.2 Å². The molecular formula is C21H22N2O2S. The number of hydrogen-bond donors (Lipinski definition) is 0. The standard InChI is InChI=1S/C21H22N2O2S/c1-21(2)16-10-6-7-11-18(16)22(3)20(21)14-13-17(23(24)25)15-9-5-8-12-19(15)26-4/h5-14H,1-4H3/b17-13+,20-14+. The van der Waals surface area contributed by atoms with Gasteiger partial charge in [-0.15, -0.1) is 11.8 Å². The molecule has 0 aliphatic carbocycles. The lowest BCUT2D eigenvalue weighted by Gasteiger charge is -2.23. The van der Waals surface area contributed by atoms with Gasteiger partial charge >= 0.3 is 0 Å². The van der Waals surface area contributed by atoms with Crippen molar-refractivity contribution in [3.8, 4) is 0 Å². The predicted molar refractivity (Wildman–Crippen MR) is 109 cm³/mol. The summed E-state index contributed by atoms with van der Waals surface area (Å²) in [4.78, 5) is 14.4. The van der Waals surface area contributed by atoms with E-state index in [2.05, 4.69) is 30.9 Å². The third-order valence-corrected chi connectivity index (χ3v) is 5.71. The number of nitro groups is 1. The van der Waals surface area contributed by atoms with Crippen molar-refractivity contribution >= 4 is 23.1 Å². The zero-order chi connectivity index (χ0) is 18.9. The summed E-state index contributed by atoms with van der Waals surface area (Å²) < 4.78 is 0. The van der Waals surface area contributed by atoms with Gasteiger partial charge in [0.2, 0.25) is 0 Å². The molecule has 5 heteroatoms. The van der Waals surface area contributed by atoms with Gasteiger partial charge in [0.1, 0.15) is 0 Å². The number of thioether (sulfide) groups is 1. The number of likely N-dealkylation sites (N-methyl/N-ethyl adjacent to an activating group) is 1. The Morgan fingerprint density at radius 1 is 1.15 bits per heavy atom. The van der Waals surface area contributed by atoms with Gasteiger partial charge in [0.05, 0.1) is 10.5 Å². The normalized spacial score (nSPS) is 17.5. The molecule has 26 heavy (non-hydrogen) atoms. The zero-order valence-corrected chi connectivity index (χ0v) is 16.2. The van der Waals surface area contributed by atoms with Crippen LogP contribution in [0.5, 0.6) is 0 Å². The molecule has 0 saturated heterocycles. The van der Waals surface area contributed by atoms with Crippen LogP contribution < -0.4 is 4.90 Å². The number of anilines is 1. The Kier molecular flexibility index (Phi) is 4.92. The molecule has 0 bridgehead atoms. The Hall–Kier alpha value is -2.53. The first kappa shape index (κ1) is 18.3. The molecule has 0 unspecified atom stereocenters. The highest BCUT2D eigenvalue weighted by atomic mass is 32.2. The van der Waals surface area contributed by atoms with Crippen LogP contribution in [-0.2, 0) is 5.41 Å². The summed E-state index contributed by atoms with van der Waals surface area (Å²) in [6, 6.07) is 15.7. The summed E-state index contributed by atoms with van der Waals surface area (Å²) in [6.45, 7) is 4.30. The van der Waals surface area contributed by atoms with Gasteiger partial charge in [-0.2, -0.15) is 0 Å². The van der Waals surface area contributed by atoms with Crippen LogP contribution in [-0.4, -0.2) is 18.2 Å². The SMILES string of the molecule is CSc1ccccc1/C(=C\C=C1\N(C)c2ccccc2C1(C)C)[N+](=O)[O-]. The Morgan fingerprint density at radius 3 is 2.46 bits per heavy atom. The maximum atomic E-state index is 11.7. The molecule has 3 rings (SSSR count). The van der Waals surface area contributed by atoms with Crippen LogP contribution in [0.4, 0.5) is 5.69 Å². The van der Waals surface area contributed by atoms with E-state index in [9.17, 15) is 10.1 Å². The Morgan fingerprint density at radius 2 is 1.81 bits per heavy atom. The van der Waals surface area contributed by atoms with Crippen LogP contribution in [0.2, 0.25) is 0 Å². The second kappa shape index (κ2) is 7.00. The largest absolute Gasteiger partial charge is 0.347 e. The Balaban J connectivity index is 2.10. The fourth-order valence-electron chi connectivity index (χ4n) is 3.56. The monoisotopic (exact) mass is 366 g/mol. The van der Waals surface area contributed by atoms with E-state index >= 15 is 0 Å². The fraction of sp³-hybridized carbons (Fsp3) is 0.238. The van der Waals surface area contributed by atoms with Gasteiger partial charge < -0.3 is 4.90 Å². The van der Waals surface area contributed by atoms with Crippen molar-refractivity contribution in [1.29, 1.82) is 0 Å². The number of hydrogen-bond acceptors (Lipinski definition) is 4. The summed E-state index contributed by atoms with van der Waals surface area (Å²) >= 11 is 1.51. The van der Waals surface area contributed by atoms with Crippen LogP contribution in [0.3, 0.4) is 0 Å². The molecule has 0 aromatic heterocycles. The Labute approximate surface area is 158 Å². The average Bonchev–Trinajstić information content (AvgIpc) is 2.82. The van der Waals surface area contributed by atoms with Gasteiger partial charge in [0, 0.05) is 34.8 Å². The van der Waals surface area contributed by atoms with Crippen molar-refractivity contribution in [3.63, 3.8) is 0 Å². The molecule has 4 nitrogen and oxygen atoms in total. The molecule has 0 fully saturated rings. The van der Waals surface area contributed by atoms with E-state index in [1.165, 1.54) is 17.3 Å². The second-order valence-electron chi connectivity index (χ2n) is 6.76. The van der Waals surface area contributed by atoms with Crippen LogP contribution >= 0.6 is 11.8 Å². The molecule has 0 saturated carbocycles. The van der Waals surface area contributed by atoms with Crippen molar-refractivity contribution in [2.45, 2.75) is 24.2 Å². The van der Waals surface area contributed by atoms with Gasteiger partial charge in [0.25, 0.3) is 5.70 Å². The number of benzene rings is 2. The molecule has 0 radical (unpaired) electrons. The van der Waals surface area contributed by atoms with E-state index < -0.39 is 0 Å². The fourth-order valence-corrected chi connectivity index (χ4v) is 4.17. The van der Waals surface area contributed by atoms with Gasteiger partial charge in [-0.25, -0.2) is 0 Å². The lowest BCUT2D eigenvalue weighted by molar-refractivity contribution is -0.375. The Bertz CT molecular complexity index is 916. The van der Waals surface area contributed by atoms with Crippen LogP contribution in [0, 0.1) is 10.1 Å². The lowest BCUT2D eigenvalue weighted by Crippen LogP contribution is -2.22. The second-order valence-corrected chi connectivity index (χ2v) is 7.61. The molecule has 2 aromatic rings. The summed E-state index contributed by atoms with van der Waals surface area (Å²) in [7, 11) is 2.01. The number of nitrogens with zero attached hydrogens (tertiary/aromatic N) is 2. The van der Waals surface area contributed by atoms with E-state index in [0.717, 1.165) is 16.3 Å². The molecule has 0 spiro atoms. The highest BCUT2D eigenvalue weighted by Crippen LogP contribution is 2.46. The minimum absolute atomic E-state index is 0.114. The molecule has 1 aliphatic rings. The van der Waals surface area contributed by atoms with Gasteiger partial charge in [-0.3, -0.25) is 10.1 Å². The van der Waals surface area contributed by atoms with Gasteiger partial charge in [0.15, 0.2) is 0 Å². The lowest BCUT2D eigenvalue weighted by atomic mass is 9.83. The average molecular weight is 366 g/mol. The first-order valence-corrected chi connectivity index (χ1v) is 9.64. The molecule has 134 valence electrons. The molecule has 1 heterocycles. The first-order valence-electron chi connectivity index (χ1n) is 8.41. The van der Waals surface area contributed by atoms with Crippen molar-refractivity contribution in [3.05, 3.63) is 87.6 Å².